The van der Waals surface area contributed by atoms with E-state index in [2.05, 4.69) is 5.32 Å². The maximum absolute atomic E-state index is 12.6. The van der Waals surface area contributed by atoms with Gasteiger partial charge in [-0.2, -0.15) is 0 Å². The van der Waals surface area contributed by atoms with Crippen LogP contribution in [0, 0.1) is 12.8 Å². The van der Waals surface area contributed by atoms with Crippen LogP contribution in [0.4, 0.5) is 5.69 Å². The molecular weight excluding hydrogens is 304 g/mol. The summed E-state index contributed by atoms with van der Waals surface area (Å²) in [6.45, 7) is 2.81. The number of rotatable bonds is 4. The molecule has 2 N–H and O–H groups in total. The summed E-state index contributed by atoms with van der Waals surface area (Å²) in [4.78, 5) is 26.6. The number of carbonyl (C=O) groups excluding carboxylic acids is 2. The Labute approximate surface area is 143 Å². The van der Waals surface area contributed by atoms with E-state index >= 15 is 0 Å². The van der Waals surface area contributed by atoms with Gasteiger partial charge in [-0.15, -0.1) is 0 Å². The second kappa shape index (κ2) is 6.93. The molecule has 5 nitrogen and oxygen atoms in total. The van der Waals surface area contributed by atoms with Gasteiger partial charge < -0.3 is 15.3 Å². The van der Waals surface area contributed by atoms with Crippen LogP contribution < -0.4 is 10.2 Å². The van der Waals surface area contributed by atoms with Gasteiger partial charge in [0.2, 0.25) is 11.8 Å². The topological polar surface area (TPSA) is 69.6 Å². The number of nitrogens with zero attached hydrogens (tertiary/aromatic N) is 1. The number of aryl methyl sites for hydroxylation is 1. The van der Waals surface area contributed by atoms with E-state index in [1.807, 2.05) is 31.2 Å². The van der Waals surface area contributed by atoms with Crippen molar-refractivity contribution in [2.75, 3.05) is 18.0 Å². The van der Waals surface area contributed by atoms with Gasteiger partial charge in [-0.3, -0.25) is 9.59 Å². The number of hydrogen-bond acceptors (Lipinski definition) is 3. The molecule has 0 radical (unpaired) electrons. The quantitative estimate of drug-likeness (QED) is 0.831. The fourth-order valence-electron chi connectivity index (χ4n) is 3.67. The van der Waals surface area contributed by atoms with E-state index in [4.69, 9.17) is 0 Å². The fraction of sp³-hybridized carbons (Fsp3) is 0.579. The first-order valence-corrected chi connectivity index (χ1v) is 8.87. The van der Waals surface area contributed by atoms with Gasteiger partial charge in [0, 0.05) is 18.8 Å². The van der Waals surface area contributed by atoms with Gasteiger partial charge in [0.05, 0.1) is 5.60 Å². The lowest BCUT2D eigenvalue weighted by Gasteiger charge is -2.32. The average molecular weight is 330 g/mol. The molecule has 0 aromatic heterocycles. The standard InChI is InChI=1S/C19H26N2O3/c1-14-5-7-15(8-6-14)21-12-9-16(18(21)23)17(22)20-13-19(24)10-3-2-4-11-19/h5-8,16,24H,2-4,9-13H2,1H3,(H,20,22). The third kappa shape index (κ3) is 3.61. The Kier molecular flexibility index (Phi) is 4.90. The molecule has 1 saturated heterocycles. The first-order chi connectivity index (χ1) is 11.5. The Morgan fingerprint density at radius 3 is 2.58 bits per heavy atom. The van der Waals surface area contributed by atoms with Crippen LogP contribution in [0.3, 0.4) is 0 Å². The third-order valence-corrected chi connectivity index (χ3v) is 5.24. The maximum atomic E-state index is 12.6. The summed E-state index contributed by atoms with van der Waals surface area (Å²) in [5.41, 5.74) is 1.18. The number of nitrogens with one attached hydrogen (secondary N) is 1. The predicted octanol–water partition coefficient (Wildman–Crippen LogP) is 2.16. The molecular formula is C19H26N2O3. The highest BCUT2D eigenvalue weighted by atomic mass is 16.3. The second-order valence-corrected chi connectivity index (χ2v) is 7.17. The van der Waals surface area contributed by atoms with Crippen LogP contribution in [0.2, 0.25) is 0 Å². The normalized spacial score (nSPS) is 23.3. The van der Waals surface area contributed by atoms with Crippen molar-refractivity contribution in [1.82, 2.24) is 5.32 Å². The number of carbonyl (C=O) groups is 2. The fourth-order valence-corrected chi connectivity index (χ4v) is 3.67. The summed E-state index contributed by atoms with van der Waals surface area (Å²) in [5, 5.41) is 13.3. The number of hydrogen-bond donors (Lipinski definition) is 2. The van der Waals surface area contributed by atoms with Crippen LogP contribution in [0.25, 0.3) is 0 Å². The Morgan fingerprint density at radius 1 is 1.25 bits per heavy atom. The van der Waals surface area contributed by atoms with Gasteiger partial charge in [0.25, 0.3) is 0 Å². The van der Waals surface area contributed by atoms with E-state index in [1.54, 1.807) is 4.90 Å². The highest BCUT2D eigenvalue weighted by Gasteiger charge is 2.38. The van der Waals surface area contributed by atoms with Crippen LogP contribution in [-0.4, -0.2) is 35.6 Å². The van der Waals surface area contributed by atoms with Gasteiger partial charge in [0.1, 0.15) is 5.92 Å². The van der Waals surface area contributed by atoms with E-state index in [0.717, 1.165) is 43.4 Å². The molecule has 1 atom stereocenters. The number of anilines is 1. The zero-order chi connectivity index (χ0) is 17.2. The summed E-state index contributed by atoms with van der Waals surface area (Å²) in [6.07, 6.45) is 5.11. The number of benzene rings is 1. The van der Waals surface area contributed by atoms with Gasteiger partial charge in [-0.1, -0.05) is 37.0 Å². The molecule has 2 fully saturated rings. The van der Waals surface area contributed by atoms with Crippen molar-refractivity contribution in [3.8, 4) is 0 Å². The van der Waals surface area contributed by atoms with Crippen molar-refractivity contribution in [2.24, 2.45) is 5.92 Å². The third-order valence-electron chi connectivity index (χ3n) is 5.24. The van der Waals surface area contributed by atoms with Crippen molar-refractivity contribution in [3.63, 3.8) is 0 Å². The molecule has 24 heavy (non-hydrogen) atoms. The molecule has 5 heteroatoms. The molecule has 0 bridgehead atoms. The van der Waals surface area contributed by atoms with E-state index in [-0.39, 0.29) is 18.4 Å². The van der Waals surface area contributed by atoms with Crippen LogP contribution in [0.1, 0.15) is 44.1 Å². The van der Waals surface area contributed by atoms with E-state index < -0.39 is 11.5 Å². The minimum absolute atomic E-state index is 0.146. The summed E-state index contributed by atoms with van der Waals surface area (Å²) in [7, 11) is 0. The monoisotopic (exact) mass is 330 g/mol. The molecule has 1 unspecified atom stereocenters. The molecule has 1 heterocycles. The van der Waals surface area contributed by atoms with Gasteiger partial charge in [-0.05, 0) is 38.3 Å². The largest absolute Gasteiger partial charge is 0.388 e. The van der Waals surface area contributed by atoms with Crippen LogP contribution in [0.15, 0.2) is 24.3 Å². The smallest absolute Gasteiger partial charge is 0.239 e. The zero-order valence-corrected chi connectivity index (χ0v) is 14.3. The number of aliphatic hydroxyl groups is 1. The Hall–Kier alpha value is -1.88. The average Bonchev–Trinajstić information content (AvgIpc) is 2.96. The molecule has 3 rings (SSSR count). The zero-order valence-electron chi connectivity index (χ0n) is 14.3. The molecule has 1 aromatic carbocycles. The maximum Gasteiger partial charge on any atom is 0.239 e. The Morgan fingerprint density at radius 2 is 1.92 bits per heavy atom. The van der Waals surface area contributed by atoms with E-state index in [1.165, 1.54) is 0 Å². The predicted molar refractivity (Wildman–Crippen MR) is 92.7 cm³/mol. The Balaban J connectivity index is 1.58. The molecule has 130 valence electrons. The summed E-state index contributed by atoms with van der Waals surface area (Å²) >= 11 is 0. The summed E-state index contributed by atoms with van der Waals surface area (Å²) < 4.78 is 0. The minimum Gasteiger partial charge on any atom is -0.388 e. The lowest BCUT2D eigenvalue weighted by molar-refractivity contribution is -0.133. The van der Waals surface area contributed by atoms with E-state index in [0.29, 0.717) is 13.0 Å². The molecule has 2 aliphatic rings. The molecule has 1 saturated carbocycles. The number of amides is 2. The van der Waals surface area contributed by atoms with Gasteiger partial charge in [0.15, 0.2) is 0 Å². The molecule has 2 amide bonds. The Bertz CT molecular complexity index is 606. The van der Waals surface area contributed by atoms with Crippen LogP contribution in [-0.2, 0) is 9.59 Å². The highest BCUT2D eigenvalue weighted by Crippen LogP contribution is 2.28. The van der Waals surface area contributed by atoms with E-state index in [9.17, 15) is 14.7 Å². The van der Waals surface area contributed by atoms with Gasteiger partial charge in [-0.25, -0.2) is 0 Å². The van der Waals surface area contributed by atoms with Crippen LogP contribution >= 0.6 is 0 Å². The highest BCUT2D eigenvalue weighted by molar-refractivity contribution is 6.09. The van der Waals surface area contributed by atoms with Crippen molar-refractivity contribution >= 4 is 17.5 Å². The molecule has 0 spiro atoms. The SMILES string of the molecule is Cc1ccc(N2CCC(C(=O)NCC3(O)CCCCC3)C2=O)cc1. The summed E-state index contributed by atoms with van der Waals surface area (Å²) in [5.74, 6) is -1.04. The molecule has 1 aliphatic carbocycles. The first kappa shape index (κ1) is 17.0. The van der Waals surface area contributed by atoms with Gasteiger partial charge >= 0.3 is 0 Å². The van der Waals surface area contributed by atoms with Crippen molar-refractivity contribution in [3.05, 3.63) is 29.8 Å². The molecule has 1 aliphatic heterocycles. The first-order valence-electron chi connectivity index (χ1n) is 8.87. The van der Waals surface area contributed by atoms with Crippen LogP contribution in [0.5, 0.6) is 0 Å². The van der Waals surface area contributed by atoms with Crippen molar-refractivity contribution in [2.45, 2.75) is 51.0 Å². The summed E-state index contributed by atoms with van der Waals surface area (Å²) in [6, 6.07) is 7.76. The second-order valence-electron chi connectivity index (χ2n) is 7.17. The molecule has 1 aromatic rings. The minimum atomic E-state index is -0.799. The lowest BCUT2D eigenvalue weighted by Crippen LogP contribution is -2.47. The lowest BCUT2D eigenvalue weighted by atomic mass is 9.85. The van der Waals surface area contributed by atoms with Crippen molar-refractivity contribution < 1.29 is 14.7 Å². The van der Waals surface area contributed by atoms with Crippen molar-refractivity contribution in [1.29, 1.82) is 0 Å².